The molecule has 0 atom stereocenters. The number of carbonyl (C=O) groups is 2. The second-order valence-electron chi connectivity index (χ2n) is 7.41. The van der Waals surface area contributed by atoms with E-state index in [2.05, 4.69) is 16.7 Å². The van der Waals surface area contributed by atoms with E-state index in [1.807, 2.05) is 48.5 Å². The Morgan fingerprint density at radius 1 is 0.857 bits per heavy atom. The monoisotopic (exact) mass is 372 g/mol. The summed E-state index contributed by atoms with van der Waals surface area (Å²) in [5.74, 6) is -0.245. The molecular formula is C24H24N2O2. The van der Waals surface area contributed by atoms with Gasteiger partial charge in [0.05, 0.1) is 17.7 Å². The maximum Gasteiger partial charge on any atom is 0.253 e. The predicted octanol–water partition coefficient (Wildman–Crippen LogP) is 4.69. The molecule has 3 aromatic rings. The van der Waals surface area contributed by atoms with E-state index < -0.39 is 0 Å². The normalized spacial score (nSPS) is 14.1. The summed E-state index contributed by atoms with van der Waals surface area (Å²) in [6.45, 7) is 0. The second kappa shape index (κ2) is 8.26. The van der Waals surface area contributed by atoms with Crippen molar-refractivity contribution in [3.05, 3.63) is 77.9 Å². The molecule has 1 fully saturated rings. The molecule has 3 aromatic carbocycles. The quantitative estimate of drug-likeness (QED) is 0.682. The Kier molecular flexibility index (Phi) is 5.38. The average Bonchev–Trinajstić information content (AvgIpc) is 3.21. The van der Waals surface area contributed by atoms with Gasteiger partial charge < -0.3 is 10.6 Å². The van der Waals surface area contributed by atoms with Crippen molar-refractivity contribution in [1.82, 2.24) is 5.32 Å². The summed E-state index contributed by atoms with van der Waals surface area (Å²) in [4.78, 5) is 25.2. The Balaban J connectivity index is 1.45. The van der Waals surface area contributed by atoms with Crippen molar-refractivity contribution in [3.8, 4) is 0 Å². The van der Waals surface area contributed by atoms with E-state index >= 15 is 0 Å². The molecule has 0 saturated heterocycles. The number of rotatable bonds is 5. The van der Waals surface area contributed by atoms with Gasteiger partial charge in [0.2, 0.25) is 5.91 Å². The first-order valence-corrected chi connectivity index (χ1v) is 9.86. The van der Waals surface area contributed by atoms with Crippen LogP contribution in [0.2, 0.25) is 0 Å². The number of hydrogen-bond acceptors (Lipinski definition) is 2. The van der Waals surface area contributed by atoms with Crippen LogP contribution in [0.25, 0.3) is 10.8 Å². The number of anilines is 1. The Bertz CT molecular complexity index is 1010. The van der Waals surface area contributed by atoms with Crippen molar-refractivity contribution < 1.29 is 9.59 Å². The van der Waals surface area contributed by atoms with E-state index in [-0.39, 0.29) is 24.3 Å². The highest BCUT2D eigenvalue weighted by Crippen LogP contribution is 2.21. The third-order valence-corrected chi connectivity index (χ3v) is 5.31. The fraction of sp³-hybridized carbons (Fsp3) is 0.250. The minimum Gasteiger partial charge on any atom is -0.349 e. The molecule has 0 heterocycles. The largest absolute Gasteiger partial charge is 0.349 e. The third-order valence-electron chi connectivity index (χ3n) is 5.31. The number of para-hydroxylation sites is 1. The molecule has 4 nitrogen and oxygen atoms in total. The molecule has 2 amide bonds. The molecule has 0 radical (unpaired) electrons. The van der Waals surface area contributed by atoms with Crippen molar-refractivity contribution >= 4 is 28.3 Å². The number of amides is 2. The van der Waals surface area contributed by atoms with Gasteiger partial charge in [0.25, 0.3) is 5.91 Å². The van der Waals surface area contributed by atoms with Gasteiger partial charge in [-0.1, -0.05) is 67.4 Å². The van der Waals surface area contributed by atoms with Crippen LogP contribution in [0.3, 0.4) is 0 Å². The van der Waals surface area contributed by atoms with E-state index in [1.165, 1.54) is 0 Å². The molecule has 0 bridgehead atoms. The molecule has 0 aromatic heterocycles. The molecule has 4 heteroatoms. The van der Waals surface area contributed by atoms with Gasteiger partial charge >= 0.3 is 0 Å². The molecule has 0 aliphatic heterocycles. The average molecular weight is 372 g/mol. The fourth-order valence-electron chi connectivity index (χ4n) is 3.85. The molecule has 28 heavy (non-hydrogen) atoms. The molecule has 4 rings (SSSR count). The smallest absolute Gasteiger partial charge is 0.253 e. The predicted molar refractivity (Wildman–Crippen MR) is 112 cm³/mol. The number of nitrogens with one attached hydrogen (secondary N) is 2. The second-order valence-corrected chi connectivity index (χ2v) is 7.41. The number of benzene rings is 3. The summed E-state index contributed by atoms with van der Waals surface area (Å²) in [7, 11) is 0. The highest BCUT2D eigenvalue weighted by molar-refractivity contribution is 6.04. The Hall–Kier alpha value is -3.14. The van der Waals surface area contributed by atoms with Crippen molar-refractivity contribution in [2.45, 2.75) is 38.1 Å². The van der Waals surface area contributed by atoms with E-state index in [4.69, 9.17) is 0 Å². The van der Waals surface area contributed by atoms with E-state index in [9.17, 15) is 9.59 Å². The van der Waals surface area contributed by atoms with E-state index in [0.717, 1.165) is 42.0 Å². The Morgan fingerprint density at radius 3 is 2.39 bits per heavy atom. The van der Waals surface area contributed by atoms with E-state index in [0.29, 0.717) is 11.3 Å². The molecular weight excluding hydrogens is 348 g/mol. The lowest BCUT2D eigenvalue weighted by atomic mass is 10.0. The summed E-state index contributed by atoms with van der Waals surface area (Å²) in [6.07, 6.45) is 4.65. The standard InChI is InChI=1S/C24H24N2O2/c27-23(16-17-13-14-18-7-1-2-8-19(18)15-17)26-22-12-6-5-11-21(22)24(28)25-20-9-3-4-10-20/h1-2,5-8,11-15,20H,3-4,9-10,16H2,(H,25,28)(H,26,27). The summed E-state index contributed by atoms with van der Waals surface area (Å²) in [5.41, 5.74) is 2.02. The van der Waals surface area contributed by atoms with Gasteiger partial charge in [0, 0.05) is 6.04 Å². The van der Waals surface area contributed by atoms with Gasteiger partial charge in [-0.05, 0) is 41.3 Å². The third kappa shape index (κ3) is 4.22. The molecule has 2 N–H and O–H groups in total. The fourth-order valence-corrected chi connectivity index (χ4v) is 3.85. The van der Waals surface area contributed by atoms with Crippen LogP contribution < -0.4 is 10.6 Å². The highest BCUT2D eigenvalue weighted by atomic mass is 16.2. The SMILES string of the molecule is O=C(Cc1ccc2ccccc2c1)Nc1ccccc1C(=O)NC1CCCC1. The van der Waals surface area contributed by atoms with Crippen LogP contribution in [0.4, 0.5) is 5.69 Å². The summed E-state index contributed by atoms with van der Waals surface area (Å²) in [5, 5.41) is 8.27. The van der Waals surface area contributed by atoms with Crippen LogP contribution >= 0.6 is 0 Å². The van der Waals surface area contributed by atoms with Gasteiger partial charge in [0.1, 0.15) is 0 Å². The Morgan fingerprint density at radius 2 is 1.57 bits per heavy atom. The topological polar surface area (TPSA) is 58.2 Å². The first kappa shape index (κ1) is 18.2. The number of carbonyl (C=O) groups excluding carboxylic acids is 2. The summed E-state index contributed by atoms with van der Waals surface area (Å²) >= 11 is 0. The number of fused-ring (bicyclic) bond motifs is 1. The summed E-state index contributed by atoms with van der Waals surface area (Å²) < 4.78 is 0. The van der Waals surface area contributed by atoms with Crippen LogP contribution in [-0.4, -0.2) is 17.9 Å². The van der Waals surface area contributed by atoms with Crippen LogP contribution in [0, 0.1) is 0 Å². The van der Waals surface area contributed by atoms with Gasteiger partial charge in [-0.3, -0.25) is 9.59 Å². The van der Waals surface area contributed by atoms with Crippen molar-refractivity contribution in [2.24, 2.45) is 0 Å². The minimum absolute atomic E-state index is 0.117. The van der Waals surface area contributed by atoms with Crippen LogP contribution in [-0.2, 0) is 11.2 Å². The molecule has 1 aliphatic carbocycles. The highest BCUT2D eigenvalue weighted by Gasteiger charge is 2.20. The van der Waals surface area contributed by atoms with Crippen molar-refractivity contribution in [1.29, 1.82) is 0 Å². The lowest BCUT2D eigenvalue weighted by Gasteiger charge is -2.15. The maximum atomic E-state index is 12.6. The van der Waals surface area contributed by atoms with E-state index in [1.54, 1.807) is 12.1 Å². The van der Waals surface area contributed by atoms with Gasteiger partial charge in [0.15, 0.2) is 0 Å². The van der Waals surface area contributed by atoms with Crippen molar-refractivity contribution in [3.63, 3.8) is 0 Å². The molecule has 0 unspecified atom stereocenters. The summed E-state index contributed by atoms with van der Waals surface area (Å²) in [6, 6.07) is 21.6. The zero-order valence-electron chi connectivity index (χ0n) is 15.8. The molecule has 0 spiro atoms. The van der Waals surface area contributed by atoms with Gasteiger partial charge in [-0.15, -0.1) is 0 Å². The Labute approximate surface area is 165 Å². The first-order chi connectivity index (χ1) is 13.7. The first-order valence-electron chi connectivity index (χ1n) is 9.86. The van der Waals surface area contributed by atoms with Crippen LogP contribution in [0.5, 0.6) is 0 Å². The van der Waals surface area contributed by atoms with Crippen LogP contribution in [0.15, 0.2) is 66.7 Å². The lowest BCUT2D eigenvalue weighted by Crippen LogP contribution is -2.33. The zero-order chi connectivity index (χ0) is 19.3. The van der Waals surface area contributed by atoms with Crippen molar-refractivity contribution in [2.75, 3.05) is 5.32 Å². The molecule has 1 aliphatic rings. The lowest BCUT2D eigenvalue weighted by molar-refractivity contribution is -0.115. The zero-order valence-corrected chi connectivity index (χ0v) is 15.8. The number of hydrogen-bond donors (Lipinski definition) is 2. The van der Waals surface area contributed by atoms with Gasteiger partial charge in [-0.25, -0.2) is 0 Å². The van der Waals surface area contributed by atoms with Crippen LogP contribution in [0.1, 0.15) is 41.6 Å². The molecule has 142 valence electrons. The molecule has 1 saturated carbocycles. The minimum atomic E-state index is -0.128. The maximum absolute atomic E-state index is 12.6. The van der Waals surface area contributed by atoms with Gasteiger partial charge in [-0.2, -0.15) is 0 Å².